The van der Waals surface area contributed by atoms with Crippen molar-refractivity contribution in [1.29, 1.82) is 0 Å². The Labute approximate surface area is 97.0 Å². The molecule has 2 nitrogen and oxygen atoms in total. The number of rotatable bonds is 2. The second-order valence-corrected chi connectivity index (χ2v) is 4.97. The maximum atomic E-state index is 5.70. The first-order valence-electron chi connectivity index (χ1n) is 6.36. The smallest absolute Gasteiger partial charge is 0.122 e. The second kappa shape index (κ2) is 4.46. The van der Waals surface area contributed by atoms with Crippen molar-refractivity contribution < 1.29 is 4.74 Å². The minimum absolute atomic E-state index is 0.717. The number of hydrogen-bond acceptors (Lipinski definition) is 2. The van der Waals surface area contributed by atoms with E-state index in [0.717, 1.165) is 24.2 Å². The predicted octanol–water partition coefficient (Wildman–Crippen LogP) is 2.55. The van der Waals surface area contributed by atoms with Crippen LogP contribution in [0.5, 0.6) is 5.75 Å². The van der Waals surface area contributed by atoms with Crippen LogP contribution in [-0.4, -0.2) is 19.7 Å². The van der Waals surface area contributed by atoms with Gasteiger partial charge in [0.1, 0.15) is 5.75 Å². The molecule has 1 N–H and O–H groups in total. The highest BCUT2D eigenvalue weighted by molar-refractivity contribution is 5.37. The fourth-order valence-corrected chi connectivity index (χ4v) is 2.98. The lowest BCUT2D eigenvalue weighted by Gasteiger charge is -2.27. The first kappa shape index (κ1) is 10.2. The first-order valence-corrected chi connectivity index (χ1v) is 6.36. The van der Waals surface area contributed by atoms with E-state index in [4.69, 9.17) is 4.74 Å². The van der Waals surface area contributed by atoms with E-state index >= 15 is 0 Å². The van der Waals surface area contributed by atoms with Gasteiger partial charge in [0.05, 0.1) is 6.61 Å². The molecule has 0 bridgehead atoms. The van der Waals surface area contributed by atoms with Crippen LogP contribution in [0.1, 0.15) is 30.7 Å². The summed E-state index contributed by atoms with van der Waals surface area (Å²) < 4.78 is 5.70. The van der Waals surface area contributed by atoms with Crippen molar-refractivity contribution in [2.24, 2.45) is 5.92 Å². The Morgan fingerprint density at radius 3 is 3.06 bits per heavy atom. The molecule has 86 valence electrons. The molecule has 2 heteroatoms. The first-order chi connectivity index (χ1) is 7.93. The Bertz CT molecular complexity index is 358. The second-order valence-electron chi connectivity index (χ2n) is 4.97. The van der Waals surface area contributed by atoms with Gasteiger partial charge in [-0.15, -0.1) is 0 Å². The van der Waals surface area contributed by atoms with Crippen LogP contribution in [0.4, 0.5) is 0 Å². The molecule has 2 aliphatic heterocycles. The lowest BCUT2D eigenvalue weighted by atomic mass is 9.85. The van der Waals surface area contributed by atoms with Gasteiger partial charge < -0.3 is 10.1 Å². The van der Waals surface area contributed by atoms with E-state index in [1.54, 1.807) is 0 Å². The van der Waals surface area contributed by atoms with E-state index in [1.165, 1.54) is 37.9 Å². The largest absolute Gasteiger partial charge is 0.493 e. The van der Waals surface area contributed by atoms with Gasteiger partial charge in [-0.3, -0.25) is 0 Å². The Kier molecular flexibility index (Phi) is 2.83. The summed E-state index contributed by atoms with van der Waals surface area (Å²) in [6.07, 6.45) is 3.86. The third-order valence-corrected chi connectivity index (χ3v) is 3.86. The van der Waals surface area contributed by atoms with E-state index in [-0.39, 0.29) is 0 Å². The van der Waals surface area contributed by atoms with Crippen molar-refractivity contribution in [3.8, 4) is 5.75 Å². The minimum Gasteiger partial charge on any atom is -0.493 e. The maximum Gasteiger partial charge on any atom is 0.122 e. The summed E-state index contributed by atoms with van der Waals surface area (Å²) in [6.45, 7) is 3.30. The highest BCUT2D eigenvalue weighted by Gasteiger charge is 2.25. The van der Waals surface area contributed by atoms with Crippen LogP contribution < -0.4 is 10.1 Å². The molecule has 3 rings (SSSR count). The standard InChI is InChI=1S/C14H19NO/c1-2-4-14-13(3-1)12(6-8-16-14)9-11-5-7-15-10-11/h1-4,11-12,15H,5-10H2. The van der Waals surface area contributed by atoms with Gasteiger partial charge in [0.15, 0.2) is 0 Å². The van der Waals surface area contributed by atoms with Crippen LogP contribution in [0, 0.1) is 5.92 Å². The molecule has 1 aromatic carbocycles. The number of hydrogen-bond donors (Lipinski definition) is 1. The number of nitrogens with one attached hydrogen (secondary N) is 1. The molecule has 1 fully saturated rings. The quantitative estimate of drug-likeness (QED) is 0.822. The van der Waals surface area contributed by atoms with Gasteiger partial charge in [-0.1, -0.05) is 18.2 Å². The SMILES string of the molecule is c1ccc2c(c1)OCCC2CC1CCNC1. The third-order valence-electron chi connectivity index (χ3n) is 3.86. The molecule has 2 heterocycles. The van der Waals surface area contributed by atoms with Crippen molar-refractivity contribution in [2.75, 3.05) is 19.7 Å². The number of fused-ring (bicyclic) bond motifs is 1. The van der Waals surface area contributed by atoms with Crippen LogP contribution in [0.15, 0.2) is 24.3 Å². The lowest BCUT2D eigenvalue weighted by molar-refractivity contribution is 0.254. The lowest BCUT2D eigenvalue weighted by Crippen LogP contribution is -2.18. The third kappa shape index (κ3) is 1.94. The van der Waals surface area contributed by atoms with Gasteiger partial charge in [-0.2, -0.15) is 0 Å². The normalized spacial score (nSPS) is 28.5. The number of ether oxygens (including phenoxy) is 1. The molecular formula is C14H19NO. The summed E-state index contributed by atoms with van der Waals surface area (Å²) in [5.74, 6) is 2.70. The Hall–Kier alpha value is -1.02. The zero-order valence-corrected chi connectivity index (χ0v) is 9.61. The number of para-hydroxylation sites is 1. The topological polar surface area (TPSA) is 21.3 Å². The van der Waals surface area contributed by atoms with Crippen molar-refractivity contribution in [3.63, 3.8) is 0 Å². The molecular weight excluding hydrogens is 198 g/mol. The highest BCUT2D eigenvalue weighted by atomic mass is 16.5. The molecule has 0 spiro atoms. The van der Waals surface area contributed by atoms with E-state index in [1.807, 2.05) is 0 Å². The average molecular weight is 217 g/mol. The molecule has 1 aromatic rings. The zero-order valence-electron chi connectivity index (χ0n) is 9.61. The van der Waals surface area contributed by atoms with Crippen LogP contribution in [-0.2, 0) is 0 Å². The van der Waals surface area contributed by atoms with Crippen molar-refractivity contribution >= 4 is 0 Å². The summed E-state index contributed by atoms with van der Waals surface area (Å²) in [5, 5.41) is 3.45. The summed E-state index contributed by atoms with van der Waals surface area (Å²) >= 11 is 0. The van der Waals surface area contributed by atoms with Gasteiger partial charge in [0.25, 0.3) is 0 Å². The molecule has 1 saturated heterocycles. The Morgan fingerprint density at radius 1 is 1.25 bits per heavy atom. The van der Waals surface area contributed by atoms with E-state index in [0.29, 0.717) is 0 Å². The average Bonchev–Trinajstić information content (AvgIpc) is 2.82. The number of benzene rings is 1. The molecule has 16 heavy (non-hydrogen) atoms. The molecule has 0 amide bonds. The van der Waals surface area contributed by atoms with E-state index in [9.17, 15) is 0 Å². The van der Waals surface area contributed by atoms with Crippen molar-refractivity contribution in [3.05, 3.63) is 29.8 Å². The monoisotopic (exact) mass is 217 g/mol. The van der Waals surface area contributed by atoms with Gasteiger partial charge in [-0.25, -0.2) is 0 Å². The van der Waals surface area contributed by atoms with Crippen LogP contribution in [0.2, 0.25) is 0 Å². The molecule has 0 saturated carbocycles. The van der Waals surface area contributed by atoms with Gasteiger partial charge in [0, 0.05) is 0 Å². The summed E-state index contributed by atoms with van der Waals surface area (Å²) in [4.78, 5) is 0. The van der Waals surface area contributed by atoms with Gasteiger partial charge in [0.2, 0.25) is 0 Å². The van der Waals surface area contributed by atoms with Crippen LogP contribution in [0.3, 0.4) is 0 Å². The summed E-state index contributed by atoms with van der Waals surface area (Å²) in [7, 11) is 0. The fourth-order valence-electron chi connectivity index (χ4n) is 2.98. The van der Waals surface area contributed by atoms with Gasteiger partial charge >= 0.3 is 0 Å². The minimum atomic E-state index is 0.717. The molecule has 0 aliphatic carbocycles. The summed E-state index contributed by atoms with van der Waals surface area (Å²) in [6, 6.07) is 8.54. The highest BCUT2D eigenvalue weighted by Crippen LogP contribution is 2.38. The molecule has 2 unspecified atom stereocenters. The summed E-state index contributed by atoms with van der Waals surface area (Å²) in [5.41, 5.74) is 1.43. The Morgan fingerprint density at radius 2 is 2.19 bits per heavy atom. The molecule has 2 atom stereocenters. The fraction of sp³-hybridized carbons (Fsp3) is 0.571. The van der Waals surface area contributed by atoms with E-state index in [2.05, 4.69) is 29.6 Å². The van der Waals surface area contributed by atoms with Crippen LogP contribution in [0.25, 0.3) is 0 Å². The van der Waals surface area contributed by atoms with Crippen LogP contribution >= 0.6 is 0 Å². The predicted molar refractivity (Wildman–Crippen MR) is 64.9 cm³/mol. The van der Waals surface area contributed by atoms with E-state index < -0.39 is 0 Å². The molecule has 0 aromatic heterocycles. The Balaban J connectivity index is 1.76. The van der Waals surface area contributed by atoms with Crippen molar-refractivity contribution in [1.82, 2.24) is 5.32 Å². The zero-order chi connectivity index (χ0) is 10.8. The molecule has 2 aliphatic rings. The van der Waals surface area contributed by atoms with Crippen molar-refractivity contribution in [2.45, 2.75) is 25.2 Å². The van der Waals surface area contributed by atoms with Gasteiger partial charge in [-0.05, 0) is 55.8 Å². The maximum absolute atomic E-state index is 5.70. The molecule has 0 radical (unpaired) electrons.